The molecule has 0 atom stereocenters. The van der Waals surface area contributed by atoms with Crippen LogP contribution < -0.4 is 4.72 Å². The second-order valence-corrected chi connectivity index (χ2v) is 6.86. The molecule has 0 bridgehead atoms. The van der Waals surface area contributed by atoms with Gasteiger partial charge >= 0.3 is 0 Å². The molecule has 3 aromatic rings. The van der Waals surface area contributed by atoms with Gasteiger partial charge in [0.05, 0.1) is 26.8 Å². The Morgan fingerprint density at radius 1 is 1.24 bits per heavy atom. The highest BCUT2D eigenvalue weighted by atomic mass is 79.9. The molecule has 0 aliphatic rings. The van der Waals surface area contributed by atoms with E-state index in [4.69, 9.17) is 0 Å². The van der Waals surface area contributed by atoms with Crippen molar-refractivity contribution in [1.82, 2.24) is 10.2 Å². The molecule has 0 saturated carbocycles. The number of aromatic nitrogens is 2. The van der Waals surface area contributed by atoms with Gasteiger partial charge in [0.15, 0.2) is 0 Å². The normalized spacial score (nSPS) is 11.7. The zero-order valence-electron chi connectivity index (χ0n) is 10.5. The molecule has 1 heterocycles. The summed E-state index contributed by atoms with van der Waals surface area (Å²) < 4.78 is 40.7. The smallest absolute Gasteiger partial charge is 0.262 e. The Balaban J connectivity index is 2.03. The van der Waals surface area contributed by atoms with Gasteiger partial charge in [0.2, 0.25) is 0 Å². The van der Waals surface area contributed by atoms with Gasteiger partial charge in [-0.05, 0) is 40.2 Å². The Kier molecular flexibility index (Phi) is 3.42. The molecule has 2 aromatic carbocycles. The molecular formula is C13H9BrFN3O2S. The van der Waals surface area contributed by atoms with Gasteiger partial charge < -0.3 is 0 Å². The highest BCUT2D eigenvalue weighted by molar-refractivity contribution is 9.10. The predicted octanol–water partition coefficient (Wildman–Crippen LogP) is 3.27. The number of sulfonamides is 1. The summed E-state index contributed by atoms with van der Waals surface area (Å²) in [6, 6.07) is 8.74. The molecule has 0 spiro atoms. The molecule has 2 N–H and O–H groups in total. The molecule has 0 unspecified atom stereocenters. The number of para-hydroxylation sites is 1. The fourth-order valence-corrected chi connectivity index (χ4v) is 3.23. The molecule has 0 radical (unpaired) electrons. The molecule has 5 nitrogen and oxygen atoms in total. The van der Waals surface area contributed by atoms with Gasteiger partial charge in [-0.15, -0.1) is 0 Å². The Hall–Kier alpha value is -1.93. The average Bonchev–Trinajstić information content (AvgIpc) is 2.91. The second-order valence-electron chi connectivity index (χ2n) is 4.32. The Labute approximate surface area is 128 Å². The van der Waals surface area contributed by atoms with Crippen molar-refractivity contribution >= 4 is 42.5 Å². The monoisotopic (exact) mass is 369 g/mol. The first kappa shape index (κ1) is 14.0. The van der Waals surface area contributed by atoms with Crippen molar-refractivity contribution in [2.24, 2.45) is 0 Å². The molecule has 108 valence electrons. The fourth-order valence-electron chi connectivity index (χ4n) is 1.90. The summed E-state index contributed by atoms with van der Waals surface area (Å²) >= 11 is 2.99. The number of hydrogen-bond acceptors (Lipinski definition) is 3. The van der Waals surface area contributed by atoms with Crippen LogP contribution in [0.25, 0.3) is 10.9 Å². The Morgan fingerprint density at radius 2 is 2.05 bits per heavy atom. The van der Waals surface area contributed by atoms with E-state index in [0.29, 0.717) is 11.2 Å². The van der Waals surface area contributed by atoms with Crippen LogP contribution in [0.5, 0.6) is 0 Å². The van der Waals surface area contributed by atoms with Crippen molar-refractivity contribution in [3.8, 4) is 0 Å². The summed E-state index contributed by atoms with van der Waals surface area (Å²) in [5.41, 5.74) is 0.923. The standard InChI is InChI=1S/C13H9BrFN3O2S/c14-10-5-4-9(6-11(10)15)21(19,20)18-12-3-1-2-8-7-16-17-13(8)12/h1-7,18H,(H,16,17). The van der Waals surface area contributed by atoms with Crippen molar-refractivity contribution in [1.29, 1.82) is 0 Å². The molecule has 0 aliphatic heterocycles. The van der Waals surface area contributed by atoms with Gasteiger partial charge in [-0.2, -0.15) is 5.10 Å². The van der Waals surface area contributed by atoms with E-state index in [1.54, 1.807) is 24.4 Å². The number of H-pyrrole nitrogens is 1. The zero-order chi connectivity index (χ0) is 15.0. The third kappa shape index (κ3) is 2.64. The molecule has 0 aliphatic carbocycles. The predicted molar refractivity (Wildman–Crippen MR) is 81.0 cm³/mol. The summed E-state index contributed by atoms with van der Waals surface area (Å²) in [4.78, 5) is -0.153. The van der Waals surface area contributed by atoms with Crippen molar-refractivity contribution in [2.75, 3.05) is 4.72 Å². The van der Waals surface area contributed by atoms with Crippen molar-refractivity contribution in [3.05, 3.63) is 52.9 Å². The molecular weight excluding hydrogens is 361 g/mol. The first-order chi connectivity index (χ1) is 9.97. The lowest BCUT2D eigenvalue weighted by molar-refractivity contribution is 0.594. The summed E-state index contributed by atoms with van der Waals surface area (Å²) in [6.45, 7) is 0. The number of halogens is 2. The van der Waals surface area contributed by atoms with Gasteiger partial charge in [-0.3, -0.25) is 9.82 Å². The summed E-state index contributed by atoms with van der Waals surface area (Å²) in [7, 11) is -3.88. The molecule has 0 fully saturated rings. The number of fused-ring (bicyclic) bond motifs is 1. The number of hydrogen-bond donors (Lipinski definition) is 2. The van der Waals surface area contributed by atoms with Crippen LogP contribution in [0.15, 0.2) is 52.0 Å². The quantitative estimate of drug-likeness (QED) is 0.743. The maximum Gasteiger partial charge on any atom is 0.262 e. The highest BCUT2D eigenvalue weighted by Gasteiger charge is 2.17. The second kappa shape index (κ2) is 5.12. The topological polar surface area (TPSA) is 74.8 Å². The number of anilines is 1. The largest absolute Gasteiger partial charge is 0.277 e. The highest BCUT2D eigenvalue weighted by Crippen LogP contribution is 2.25. The molecule has 1 aromatic heterocycles. The van der Waals surface area contributed by atoms with E-state index >= 15 is 0 Å². The van der Waals surface area contributed by atoms with E-state index in [-0.39, 0.29) is 9.37 Å². The maximum absolute atomic E-state index is 13.5. The van der Waals surface area contributed by atoms with Crippen LogP contribution >= 0.6 is 15.9 Å². The van der Waals surface area contributed by atoms with Gasteiger partial charge in [-0.25, -0.2) is 12.8 Å². The molecule has 0 amide bonds. The summed E-state index contributed by atoms with van der Waals surface area (Å²) in [5, 5.41) is 7.36. The number of rotatable bonds is 3. The van der Waals surface area contributed by atoms with Crippen LogP contribution in [-0.2, 0) is 10.0 Å². The van der Waals surface area contributed by atoms with E-state index in [1.165, 1.54) is 12.1 Å². The number of benzene rings is 2. The van der Waals surface area contributed by atoms with Crippen LogP contribution in [-0.4, -0.2) is 18.6 Å². The van der Waals surface area contributed by atoms with Crippen LogP contribution in [0.2, 0.25) is 0 Å². The zero-order valence-corrected chi connectivity index (χ0v) is 12.9. The summed E-state index contributed by atoms with van der Waals surface area (Å²) in [6.07, 6.45) is 1.59. The van der Waals surface area contributed by atoms with Crippen LogP contribution in [0, 0.1) is 5.82 Å². The SMILES string of the molecule is O=S(=O)(Nc1cccc2cn[nH]c12)c1ccc(Br)c(F)c1. The first-order valence-corrected chi connectivity index (χ1v) is 8.15. The van der Waals surface area contributed by atoms with E-state index in [2.05, 4.69) is 30.8 Å². The van der Waals surface area contributed by atoms with Gasteiger partial charge in [0, 0.05) is 5.39 Å². The minimum atomic E-state index is -3.88. The lowest BCUT2D eigenvalue weighted by atomic mass is 10.2. The van der Waals surface area contributed by atoms with E-state index in [9.17, 15) is 12.8 Å². The van der Waals surface area contributed by atoms with Gasteiger partial charge in [0.1, 0.15) is 5.82 Å². The summed E-state index contributed by atoms with van der Waals surface area (Å²) in [5.74, 6) is -0.641. The van der Waals surface area contributed by atoms with Crippen molar-refractivity contribution < 1.29 is 12.8 Å². The van der Waals surface area contributed by atoms with Gasteiger partial charge in [0.25, 0.3) is 10.0 Å². The van der Waals surface area contributed by atoms with Crippen LogP contribution in [0.3, 0.4) is 0 Å². The lowest BCUT2D eigenvalue weighted by Crippen LogP contribution is -2.13. The Morgan fingerprint density at radius 3 is 2.81 bits per heavy atom. The van der Waals surface area contributed by atoms with Crippen LogP contribution in [0.1, 0.15) is 0 Å². The lowest BCUT2D eigenvalue weighted by Gasteiger charge is -2.09. The first-order valence-electron chi connectivity index (χ1n) is 5.87. The molecule has 21 heavy (non-hydrogen) atoms. The third-order valence-electron chi connectivity index (χ3n) is 2.92. The maximum atomic E-state index is 13.5. The van der Waals surface area contributed by atoms with E-state index < -0.39 is 15.8 Å². The minimum absolute atomic E-state index is 0.153. The number of aromatic amines is 1. The Bertz CT molecular complexity index is 924. The van der Waals surface area contributed by atoms with Crippen LogP contribution in [0.4, 0.5) is 10.1 Å². The van der Waals surface area contributed by atoms with E-state index in [1.807, 2.05) is 0 Å². The molecule has 3 rings (SSSR count). The van der Waals surface area contributed by atoms with Crippen molar-refractivity contribution in [2.45, 2.75) is 4.90 Å². The average molecular weight is 370 g/mol. The van der Waals surface area contributed by atoms with E-state index in [0.717, 1.165) is 11.5 Å². The molecule has 8 heteroatoms. The fraction of sp³-hybridized carbons (Fsp3) is 0. The number of nitrogens with zero attached hydrogens (tertiary/aromatic N) is 1. The van der Waals surface area contributed by atoms with Gasteiger partial charge in [-0.1, -0.05) is 12.1 Å². The number of nitrogens with one attached hydrogen (secondary N) is 2. The molecule has 0 saturated heterocycles. The van der Waals surface area contributed by atoms with Crippen molar-refractivity contribution in [3.63, 3.8) is 0 Å². The third-order valence-corrected chi connectivity index (χ3v) is 4.93. The minimum Gasteiger partial charge on any atom is -0.277 e.